The van der Waals surface area contributed by atoms with Crippen LogP contribution in [0, 0.1) is 0 Å². The van der Waals surface area contributed by atoms with Gasteiger partial charge in [0.05, 0.1) is 23.5 Å². The molecule has 4 aromatic carbocycles. The van der Waals surface area contributed by atoms with Gasteiger partial charge in [0, 0.05) is 36.6 Å². The number of thiazole rings is 2. The Morgan fingerprint density at radius 2 is 0.907 bits per heavy atom. The molecule has 0 saturated carbocycles. The first-order valence-corrected chi connectivity index (χ1v) is 30.1. The first-order chi connectivity index (χ1) is 41.9. The van der Waals surface area contributed by atoms with Crippen LogP contribution >= 0.6 is 22.7 Å². The molecule has 8 aromatic rings. The summed E-state index contributed by atoms with van der Waals surface area (Å²) < 4.78 is 12.1. The minimum atomic E-state index is -1.12. The number of nitrogens with one attached hydrogen (secondary N) is 6. The molecule has 6 atom stereocenters. The number of ether oxygens (including phenoxy) is 2. The second kappa shape index (κ2) is 28.1. The Labute approximate surface area is 506 Å². The summed E-state index contributed by atoms with van der Waals surface area (Å²) in [6.07, 6.45) is 5.40. The zero-order chi connectivity index (χ0) is 60.1. The van der Waals surface area contributed by atoms with E-state index >= 15 is 0 Å². The molecule has 2 aliphatic rings. The lowest BCUT2D eigenvalue weighted by atomic mass is 10.0. The molecule has 0 radical (unpaired) electrons. The largest absolute Gasteiger partial charge is 0.490 e. The molecular weight excluding hydrogens is 1130 g/mol. The molecule has 2 aliphatic heterocycles. The third kappa shape index (κ3) is 14.1. The fraction of sp³-hybridized carbons (Fsp3) is 0.281. The van der Waals surface area contributed by atoms with E-state index in [1.165, 1.54) is 32.5 Å². The highest BCUT2D eigenvalue weighted by Gasteiger charge is 2.41. The molecule has 0 spiro atoms. The third-order valence-corrected chi connectivity index (χ3v) is 17.0. The first-order valence-electron chi connectivity index (χ1n) is 28.5. The summed E-state index contributed by atoms with van der Waals surface area (Å²) in [6.45, 7) is 4.28. The number of likely N-dealkylation sites (N-methyl/N-ethyl adjacent to an activating group) is 2. The topological polar surface area (TPSA) is 251 Å². The molecule has 442 valence electrons. The summed E-state index contributed by atoms with van der Waals surface area (Å²) in [5.41, 5.74) is 5.15. The number of rotatable bonds is 23. The third-order valence-electron chi connectivity index (χ3n) is 15.0. The maximum absolute atomic E-state index is 14.7. The van der Waals surface area contributed by atoms with Crippen LogP contribution in [0.5, 0.6) is 11.5 Å². The molecule has 0 unspecified atom stereocenters. The van der Waals surface area contributed by atoms with Crippen LogP contribution < -0.4 is 41.4 Å². The molecule has 10 rings (SSSR count). The van der Waals surface area contributed by atoms with Crippen LogP contribution in [0.4, 0.5) is 10.0 Å². The van der Waals surface area contributed by atoms with Crippen molar-refractivity contribution >= 4 is 68.1 Å². The van der Waals surface area contributed by atoms with Crippen molar-refractivity contribution in [2.45, 2.75) is 75.8 Å². The van der Waals surface area contributed by atoms with Crippen molar-refractivity contribution in [1.82, 2.24) is 51.0 Å². The van der Waals surface area contributed by atoms with Crippen molar-refractivity contribution in [2.75, 3.05) is 51.0 Å². The van der Waals surface area contributed by atoms with E-state index in [1.54, 1.807) is 88.9 Å². The zero-order valence-electron chi connectivity index (χ0n) is 47.9. The average molecular weight is 1200 g/mol. The number of pyridine rings is 2. The summed E-state index contributed by atoms with van der Waals surface area (Å²) >= 11 is 2.62. The van der Waals surface area contributed by atoms with Gasteiger partial charge in [-0.1, -0.05) is 120 Å². The van der Waals surface area contributed by atoms with E-state index in [0.29, 0.717) is 104 Å². The molecule has 2 fully saturated rings. The highest BCUT2D eigenvalue weighted by molar-refractivity contribution is 7.20. The van der Waals surface area contributed by atoms with Gasteiger partial charge in [-0.25, -0.2) is 9.97 Å². The van der Waals surface area contributed by atoms with Crippen LogP contribution in [0.1, 0.15) is 62.7 Å². The molecule has 6 amide bonds. The summed E-state index contributed by atoms with van der Waals surface area (Å²) in [5, 5.41) is 20.2. The van der Waals surface area contributed by atoms with E-state index in [2.05, 4.69) is 41.9 Å². The molecule has 22 heteroatoms. The number of likely N-dealkylation sites (tertiary alicyclic amines) is 2. The van der Waals surface area contributed by atoms with Gasteiger partial charge < -0.3 is 51.2 Å². The number of amides is 6. The lowest BCUT2D eigenvalue weighted by molar-refractivity contribution is -0.140. The van der Waals surface area contributed by atoms with E-state index in [1.807, 2.05) is 97.1 Å². The van der Waals surface area contributed by atoms with Gasteiger partial charge in [-0.15, -0.1) is 0 Å². The second-order valence-corrected chi connectivity index (χ2v) is 22.7. The maximum atomic E-state index is 14.7. The number of anilines is 2. The zero-order valence-corrected chi connectivity index (χ0v) is 49.5. The van der Waals surface area contributed by atoms with Gasteiger partial charge in [0.1, 0.15) is 80.3 Å². The summed E-state index contributed by atoms with van der Waals surface area (Å²) in [4.78, 5) is 107. The average Bonchev–Trinajstić information content (AvgIpc) is 2.52. The number of benzene rings is 4. The minimum Gasteiger partial charge on any atom is -0.490 e. The van der Waals surface area contributed by atoms with Gasteiger partial charge >= 0.3 is 0 Å². The Bertz CT molecular complexity index is 3400. The van der Waals surface area contributed by atoms with Gasteiger partial charge in [-0.05, 0) is 113 Å². The van der Waals surface area contributed by atoms with Gasteiger partial charge in [0.2, 0.25) is 35.4 Å². The quantitative estimate of drug-likeness (QED) is 0.0330. The minimum absolute atomic E-state index is 0.135. The van der Waals surface area contributed by atoms with Crippen LogP contribution in [0.2, 0.25) is 0 Å². The smallest absolute Gasteiger partial charge is 0.250 e. The molecule has 0 aliphatic carbocycles. The van der Waals surface area contributed by atoms with Crippen molar-refractivity contribution in [2.24, 2.45) is 0 Å². The fourth-order valence-electron chi connectivity index (χ4n) is 10.1. The normalized spacial score (nSPS) is 16.1. The molecule has 6 heterocycles. The van der Waals surface area contributed by atoms with Crippen LogP contribution in [0.25, 0.3) is 43.9 Å². The number of carbonyl (C=O) groups is 6. The number of nitrogens with zero attached hydrogens (tertiary/aromatic N) is 6. The van der Waals surface area contributed by atoms with Crippen molar-refractivity contribution in [3.05, 3.63) is 169 Å². The Hall–Kier alpha value is -9.22. The number of carbonyl (C=O) groups excluding carboxylic acids is 6. The van der Waals surface area contributed by atoms with Gasteiger partial charge in [0.25, 0.3) is 0 Å². The first kappa shape index (κ1) is 59.9. The molecule has 6 N–H and O–H groups in total. The number of aromatic nitrogens is 4. The highest BCUT2D eigenvalue weighted by atomic mass is 32.1. The SMILES string of the molecule is CN[C@@H](C)C(=O)N[C@H](C(=O)N1CCC[C@H]1C(=O)Nc1sc(-c2ccccn2)nc1-c1ccccc1)c1ccc(OCCOc2ccc([C@H](NC(=O)[C@H](C)NC)C(=O)N3CCC[C@H]3C(=O)Nc3sc(-c4ccccn4)nc3-c3ccccc3)cc2)cc1. The lowest BCUT2D eigenvalue weighted by Gasteiger charge is -2.29. The van der Waals surface area contributed by atoms with Crippen molar-refractivity contribution in [3.63, 3.8) is 0 Å². The summed E-state index contributed by atoms with van der Waals surface area (Å²) in [5.74, 6) is -1.40. The van der Waals surface area contributed by atoms with Gasteiger partial charge in [0.15, 0.2) is 0 Å². The molecular formula is C64H66N12O8S2. The predicted octanol–water partition coefficient (Wildman–Crippen LogP) is 8.31. The van der Waals surface area contributed by atoms with Crippen LogP contribution in [-0.2, 0) is 28.8 Å². The molecule has 20 nitrogen and oxygen atoms in total. The van der Waals surface area contributed by atoms with E-state index in [4.69, 9.17) is 19.4 Å². The van der Waals surface area contributed by atoms with E-state index < -0.39 is 59.9 Å². The Morgan fingerprint density at radius 1 is 0.523 bits per heavy atom. The van der Waals surface area contributed by atoms with Gasteiger partial charge in [-0.2, -0.15) is 0 Å². The van der Waals surface area contributed by atoms with E-state index in [-0.39, 0.29) is 25.0 Å². The van der Waals surface area contributed by atoms with Crippen molar-refractivity contribution < 1.29 is 38.2 Å². The lowest BCUT2D eigenvalue weighted by Crippen LogP contribution is -2.51. The van der Waals surface area contributed by atoms with Crippen molar-refractivity contribution in [1.29, 1.82) is 0 Å². The monoisotopic (exact) mass is 1190 g/mol. The Morgan fingerprint density at radius 3 is 1.27 bits per heavy atom. The van der Waals surface area contributed by atoms with Crippen LogP contribution in [0.3, 0.4) is 0 Å². The molecule has 4 aromatic heterocycles. The number of hydrogen-bond acceptors (Lipinski definition) is 16. The van der Waals surface area contributed by atoms with Gasteiger partial charge in [-0.3, -0.25) is 38.7 Å². The van der Waals surface area contributed by atoms with Crippen LogP contribution in [0.15, 0.2) is 158 Å². The Balaban J connectivity index is 0.778. The maximum Gasteiger partial charge on any atom is 0.250 e. The van der Waals surface area contributed by atoms with E-state index in [9.17, 15) is 28.8 Å². The van der Waals surface area contributed by atoms with E-state index in [0.717, 1.165) is 11.1 Å². The van der Waals surface area contributed by atoms with Crippen molar-refractivity contribution in [3.8, 4) is 55.4 Å². The molecule has 0 bridgehead atoms. The summed E-state index contributed by atoms with van der Waals surface area (Å²) in [6, 6.07) is 38.8. The Kier molecular flexibility index (Phi) is 19.6. The highest BCUT2D eigenvalue weighted by Crippen LogP contribution is 2.40. The molecule has 2 saturated heterocycles. The number of hydrogen-bond donors (Lipinski definition) is 6. The fourth-order valence-corrected chi connectivity index (χ4v) is 12.1. The standard InChI is InChI=1S/C64H66N12O8S2/c1-39(65-3)55(77)69-53(63(81)75-35-15-23-49(75)57(79)73-61-51(41-17-7-5-8-18-41)71-59(85-61)47-21-11-13-33-67-47)43-25-29-45(30-26-43)83-37-38-84-46-31-27-44(28-32-46)54(70-56(78)40(2)66-4)64(82)76-36-16-24-50(76)58(80)74-62-52(42-19-9-6-10-20-42)72-60(86-62)48-22-12-14-34-68-48/h5-14,17-22,25-34,39-40,49-50,53-54,65-66H,15-16,23-24,35-38H2,1-4H3,(H,69,77)(H,70,78)(H,73,79)(H,74,80)/t39-,40-,49-,50-,53-,54-/m0/s1. The second-order valence-electron chi connectivity index (χ2n) is 20.7. The van der Waals surface area contributed by atoms with Crippen LogP contribution in [-0.4, -0.2) is 130 Å². The predicted molar refractivity (Wildman–Crippen MR) is 331 cm³/mol. The molecule has 86 heavy (non-hydrogen) atoms. The summed E-state index contributed by atoms with van der Waals surface area (Å²) in [7, 11) is 3.31.